The molecule has 0 spiro atoms. The fourth-order valence-electron chi connectivity index (χ4n) is 3.07. The van der Waals surface area contributed by atoms with Crippen LogP contribution < -0.4 is 5.32 Å². The van der Waals surface area contributed by atoms with Crippen LogP contribution in [-0.2, 0) is 0 Å². The van der Waals surface area contributed by atoms with Crippen LogP contribution in [0.1, 0.15) is 26.4 Å². The van der Waals surface area contributed by atoms with Crippen molar-refractivity contribution >= 4 is 39.1 Å². The molecule has 0 radical (unpaired) electrons. The molecule has 0 aliphatic heterocycles. The standard InChI is InChI=1S/C21H13F2N3O4S/c1-9-6-7-10(16(23)15(9)22)12-8-31-20(14(12)21(29)30)24-19(28)17-18(27)11-4-2-3-5-13(11)25-26-17/h2-8H,1H3,(H,24,28)(H,25,27)(H,29,30). The molecule has 2 aromatic carbocycles. The number of carbonyl (C=O) groups excluding carboxylic acids is 1. The predicted octanol–water partition coefficient (Wildman–Crippen LogP) is 4.60. The normalized spacial score (nSPS) is 10.9. The van der Waals surface area contributed by atoms with Crippen molar-refractivity contribution in [2.75, 3.05) is 5.32 Å². The number of thiophene rings is 1. The second-order valence-electron chi connectivity index (χ2n) is 6.59. The monoisotopic (exact) mass is 441 g/mol. The fourth-order valence-corrected chi connectivity index (χ4v) is 4.02. The average molecular weight is 441 g/mol. The van der Waals surface area contributed by atoms with Gasteiger partial charge in [-0.25, -0.2) is 13.6 Å². The molecule has 10 heteroatoms. The van der Waals surface area contributed by atoms with Gasteiger partial charge in [0.05, 0.1) is 5.52 Å². The summed E-state index contributed by atoms with van der Waals surface area (Å²) in [6, 6.07) is 9.10. The number of amides is 1. The van der Waals surface area contributed by atoms with Crippen molar-refractivity contribution in [1.82, 2.24) is 10.2 Å². The van der Waals surface area contributed by atoms with Gasteiger partial charge in [-0.3, -0.25) is 4.79 Å². The molecule has 7 nitrogen and oxygen atoms in total. The first-order valence-corrected chi connectivity index (χ1v) is 9.73. The van der Waals surface area contributed by atoms with Crippen molar-refractivity contribution in [3.05, 3.63) is 70.2 Å². The Morgan fingerprint density at radius 2 is 1.77 bits per heavy atom. The summed E-state index contributed by atoms with van der Waals surface area (Å²) in [6.07, 6.45) is 0. The SMILES string of the molecule is Cc1ccc(-c2csc(NC(=O)c3nnc4ccccc4c3O)c2C(=O)O)c(F)c1F. The quantitative estimate of drug-likeness (QED) is 0.427. The summed E-state index contributed by atoms with van der Waals surface area (Å²) < 4.78 is 28.4. The third-order valence-electron chi connectivity index (χ3n) is 4.65. The van der Waals surface area contributed by atoms with Crippen LogP contribution in [0.2, 0.25) is 0 Å². The third-order valence-corrected chi connectivity index (χ3v) is 5.55. The molecule has 156 valence electrons. The number of aromatic nitrogens is 2. The zero-order valence-electron chi connectivity index (χ0n) is 15.8. The molecule has 4 aromatic rings. The summed E-state index contributed by atoms with van der Waals surface area (Å²) in [5, 5.41) is 31.5. The van der Waals surface area contributed by atoms with E-state index in [1.807, 2.05) is 0 Å². The van der Waals surface area contributed by atoms with E-state index in [1.165, 1.54) is 24.4 Å². The third kappa shape index (κ3) is 3.46. The van der Waals surface area contributed by atoms with E-state index in [0.717, 1.165) is 11.3 Å². The Bertz CT molecular complexity index is 1370. The predicted molar refractivity (Wildman–Crippen MR) is 111 cm³/mol. The lowest BCUT2D eigenvalue weighted by Crippen LogP contribution is -2.16. The fraction of sp³-hybridized carbons (Fsp3) is 0.0476. The van der Waals surface area contributed by atoms with Crippen molar-refractivity contribution in [3.8, 4) is 16.9 Å². The molecule has 31 heavy (non-hydrogen) atoms. The highest BCUT2D eigenvalue weighted by atomic mass is 32.1. The summed E-state index contributed by atoms with van der Waals surface area (Å²) in [6.45, 7) is 1.39. The molecule has 0 saturated heterocycles. The van der Waals surface area contributed by atoms with E-state index >= 15 is 0 Å². The average Bonchev–Trinajstić information content (AvgIpc) is 3.16. The van der Waals surface area contributed by atoms with Gasteiger partial charge in [0.25, 0.3) is 5.91 Å². The Balaban J connectivity index is 1.75. The van der Waals surface area contributed by atoms with Crippen LogP contribution in [0.15, 0.2) is 41.8 Å². The van der Waals surface area contributed by atoms with Crippen LogP contribution in [0.4, 0.5) is 13.8 Å². The first-order valence-electron chi connectivity index (χ1n) is 8.85. The zero-order valence-corrected chi connectivity index (χ0v) is 16.6. The largest absolute Gasteiger partial charge is 0.505 e. The number of anilines is 1. The smallest absolute Gasteiger partial charge is 0.339 e. The van der Waals surface area contributed by atoms with Crippen LogP contribution in [0.5, 0.6) is 5.75 Å². The van der Waals surface area contributed by atoms with Crippen molar-refractivity contribution in [3.63, 3.8) is 0 Å². The summed E-state index contributed by atoms with van der Waals surface area (Å²) in [4.78, 5) is 24.5. The van der Waals surface area contributed by atoms with Gasteiger partial charge in [-0.2, -0.15) is 0 Å². The molecular weight excluding hydrogens is 428 g/mol. The lowest BCUT2D eigenvalue weighted by Gasteiger charge is -2.09. The van der Waals surface area contributed by atoms with Gasteiger partial charge in [0.15, 0.2) is 23.1 Å². The molecule has 0 fully saturated rings. The van der Waals surface area contributed by atoms with Crippen molar-refractivity contribution in [1.29, 1.82) is 0 Å². The molecule has 1 amide bonds. The Kier molecular flexibility index (Phi) is 5.07. The van der Waals surface area contributed by atoms with Gasteiger partial charge in [-0.1, -0.05) is 24.3 Å². The molecule has 0 aliphatic carbocycles. The molecule has 0 atom stereocenters. The Morgan fingerprint density at radius 1 is 1.03 bits per heavy atom. The topological polar surface area (TPSA) is 112 Å². The summed E-state index contributed by atoms with van der Waals surface area (Å²) in [7, 11) is 0. The maximum Gasteiger partial charge on any atom is 0.339 e. The number of carbonyl (C=O) groups is 2. The Hall–Kier alpha value is -3.92. The van der Waals surface area contributed by atoms with Crippen molar-refractivity contribution < 1.29 is 28.6 Å². The molecule has 3 N–H and O–H groups in total. The molecule has 2 aromatic heterocycles. The highest BCUT2D eigenvalue weighted by Crippen LogP contribution is 2.38. The number of aromatic carboxylic acids is 1. The van der Waals surface area contributed by atoms with Crippen LogP contribution in [0.3, 0.4) is 0 Å². The molecular formula is C21H13F2N3O4S. The second kappa shape index (κ2) is 7.73. The first kappa shape index (κ1) is 20.4. The number of benzene rings is 2. The number of rotatable bonds is 4. The highest BCUT2D eigenvalue weighted by Gasteiger charge is 2.26. The zero-order chi connectivity index (χ0) is 22.3. The minimum absolute atomic E-state index is 0.0761. The molecule has 0 bridgehead atoms. The number of carboxylic acids is 1. The van der Waals surface area contributed by atoms with Crippen LogP contribution in [0, 0.1) is 18.6 Å². The number of fused-ring (bicyclic) bond motifs is 1. The Labute approximate surface area is 177 Å². The molecule has 0 unspecified atom stereocenters. The van der Waals surface area contributed by atoms with E-state index in [9.17, 15) is 28.6 Å². The number of nitrogens with one attached hydrogen (secondary N) is 1. The van der Waals surface area contributed by atoms with Crippen LogP contribution in [-0.4, -0.2) is 32.3 Å². The number of aryl methyl sites for hydroxylation is 1. The van der Waals surface area contributed by atoms with E-state index in [-0.39, 0.29) is 21.7 Å². The molecule has 0 saturated carbocycles. The van der Waals surface area contributed by atoms with Gasteiger partial charge >= 0.3 is 5.97 Å². The molecule has 0 aliphatic rings. The highest BCUT2D eigenvalue weighted by molar-refractivity contribution is 7.15. The number of aromatic hydroxyl groups is 1. The van der Waals surface area contributed by atoms with Crippen LogP contribution in [0.25, 0.3) is 22.0 Å². The van der Waals surface area contributed by atoms with Gasteiger partial charge in [0.1, 0.15) is 10.6 Å². The van der Waals surface area contributed by atoms with Gasteiger partial charge in [0, 0.05) is 21.9 Å². The first-order chi connectivity index (χ1) is 14.8. The van der Waals surface area contributed by atoms with Crippen molar-refractivity contribution in [2.24, 2.45) is 0 Å². The maximum atomic E-state index is 14.4. The van der Waals surface area contributed by atoms with E-state index < -0.39 is 40.5 Å². The number of hydrogen-bond donors (Lipinski definition) is 3. The van der Waals surface area contributed by atoms with E-state index in [1.54, 1.807) is 24.3 Å². The number of hydrogen-bond acceptors (Lipinski definition) is 6. The van der Waals surface area contributed by atoms with Crippen LogP contribution >= 0.6 is 11.3 Å². The molecule has 2 heterocycles. The van der Waals surface area contributed by atoms with Crippen molar-refractivity contribution in [2.45, 2.75) is 6.92 Å². The number of nitrogens with zero attached hydrogens (tertiary/aromatic N) is 2. The lowest BCUT2D eigenvalue weighted by molar-refractivity contribution is 0.0699. The maximum absolute atomic E-state index is 14.4. The number of halogens is 2. The van der Waals surface area contributed by atoms with E-state index in [0.29, 0.717) is 10.9 Å². The van der Waals surface area contributed by atoms with Gasteiger partial charge in [-0.15, -0.1) is 21.5 Å². The van der Waals surface area contributed by atoms with Gasteiger partial charge in [-0.05, 0) is 24.6 Å². The van der Waals surface area contributed by atoms with Gasteiger partial charge < -0.3 is 15.5 Å². The second-order valence-corrected chi connectivity index (χ2v) is 7.46. The van der Waals surface area contributed by atoms with Gasteiger partial charge in [0.2, 0.25) is 0 Å². The van der Waals surface area contributed by atoms with E-state index in [4.69, 9.17) is 0 Å². The molecule has 4 rings (SSSR count). The number of carboxylic acid groups (broad SMARTS) is 1. The summed E-state index contributed by atoms with van der Waals surface area (Å²) in [5.74, 6) is -5.02. The Morgan fingerprint density at radius 3 is 2.52 bits per heavy atom. The minimum Gasteiger partial charge on any atom is -0.505 e. The minimum atomic E-state index is -1.44. The van der Waals surface area contributed by atoms with E-state index in [2.05, 4.69) is 15.5 Å². The lowest BCUT2D eigenvalue weighted by atomic mass is 10.0. The summed E-state index contributed by atoms with van der Waals surface area (Å²) in [5.41, 5.74) is -0.694. The summed E-state index contributed by atoms with van der Waals surface area (Å²) >= 11 is 0.819.